The third-order valence-electron chi connectivity index (χ3n) is 4.88. The number of halogens is 2. The molecular weight excluding hydrogens is 353 g/mol. The number of likely N-dealkylation sites (tertiary alicyclic amines) is 1. The lowest BCUT2D eigenvalue weighted by molar-refractivity contribution is 0.0931. The topological polar surface area (TPSA) is 3.24 Å². The normalized spacial score (nSPS) is 23.7. The molecule has 0 aromatic heterocycles. The van der Waals surface area contributed by atoms with Crippen molar-refractivity contribution in [3.8, 4) is 0 Å². The SMILES string of the molecule is C[C@@H]1CC[C@@H](C)N(C(c2ccc(F)cc2)c2ccccc2Br)C1. The summed E-state index contributed by atoms with van der Waals surface area (Å²) < 4.78 is 14.5. The lowest BCUT2D eigenvalue weighted by atomic mass is 9.89. The minimum atomic E-state index is -0.181. The van der Waals surface area contributed by atoms with Crippen molar-refractivity contribution in [2.45, 2.75) is 38.8 Å². The Hall–Kier alpha value is -1.19. The van der Waals surface area contributed by atoms with Crippen LogP contribution < -0.4 is 0 Å². The molecule has 0 N–H and O–H groups in total. The van der Waals surface area contributed by atoms with Gasteiger partial charge >= 0.3 is 0 Å². The lowest BCUT2D eigenvalue weighted by Crippen LogP contribution is -2.43. The van der Waals surface area contributed by atoms with Gasteiger partial charge in [0.05, 0.1) is 6.04 Å². The zero-order valence-electron chi connectivity index (χ0n) is 13.7. The molecule has 0 amide bonds. The highest BCUT2D eigenvalue weighted by atomic mass is 79.9. The van der Waals surface area contributed by atoms with Gasteiger partial charge in [0.25, 0.3) is 0 Å². The molecule has 0 saturated carbocycles. The van der Waals surface area contributed by atoms with Gasteiger partial charge in [-0.3, -0.25) is 4.90 Å². The van der Waals surface area contributed by atoms with Crippen LogP contribution in [-0.2, 0) is 0 Å². The van der Waals surface area contributed by atoms with Crippen LogP contribution in [0, 0.1) is 11.7 Å². The summed E-state index contributed by atoms with van der Waals surface area (Å²) in [4.78, 5) is 2.57. The number of nitrogens with zero attached hydrogens (tertiary/aromatic N) is 1. The smallest absolute Gasteiger partial charge is 0.123 e. The van der Waals surface area contributed by atoms with Crippen molar-refractivity contribution in [2.75, 3.05) is 6.54 Å². The van der Waals surface area contributed by atoms with Crippen molar-refractivity contribution in [1.82, 2.24) is 4.90 Å². The van der Waals surface area contributed by atoms with E-state index in [9.17, 15) is 4.39 Å². The van der Waals surface area contributed by atoms with E-state index in [0.29, 0.717) is 12.0 Å². The summed E-state index contributed by atoms with van der Waals surface area (Å²) in [6.07, 6.45) is 2.49. The van der Waals surface area contributed by atoms with E-state index in [1.165, 1.54) is 18.4 Å². The van der Waals surface area contributed by atoms with Crippen LogP contribution in [0.15, 0.2) is 53.0 Å². The van der Waals surface area contributed by atoms with Crippen LogP contribution in [-0.4, -0.2) is 17.5 Å². The summed E-state index contributed by atoms with van der Waals surface area (Å²) in [6.45, 7) is 5.70. The minimum absolute atomic E-state index is 0.156. The number of benzene rings is 2. The van der Waals surface area contributed by atoms with Gasteiger partial charge in [-0.15, -0.1) is 0 Å². The number of piperidine rings is 1. The van der Waals surface area contributed by atoms with E-state index < -0.39 is 0 Å². The second kappa shape index (κ2) is 7.14. The monoisotopic (exact) mass is 375 g/mol. The van der Waals surface area contributed by atoms with Crippen molar-refractivity contribution in [1.29, 1.82) is 0 Å². The summed E-state index contributed by atoms with van der Waals surface area (Å²) in [5.74, 6) is 0.510. The Kier molecular flexibility index (Phi) is 5.17. The Bertz CT molecular complexity index is 655. The molecular formula is C20H23BrFN. The Labute approximate surface area is 146 Å². The summed E-state index contributed by atoms with van der Waals surface area (Å²) in [5, 5.41) is 0. The van der Waals surface area contributed by atoms with Gasteiger partial charge in [-0.05, 0) is 55.0 Å². The van der Waals surface area contributed by atoms with Gasteiger partial charge < -0.3 is 0 Å². The highest BCUT2D eigenvalue weighted by molar-refractivity contribution is 9.10. The van der Waals surface area contributed by atoms with E-state index in [2.05, 4.69) is 52.9 Å². The number of rotatable bonds is 3. The van der Waals surface area contributed by atoms with Gasteiger partial charge in [0.1, 0.15) is 5.82 Å². The molecule has 3 atom stereocenters. The molecule has 0 radical (unpaired) electrons. The second-order valence-electron chi connectivity index (χ2n) is 6.70. The molecule has 1 nitrogen and oxygen atoms in total. The molecule has 3 heteroatoms. The molecule has 1 saturated heterocycles. The van der Waals surface area contributed by atoms with Gasteiger partial charge in [0.15, 0.2) is 0 Å². The van der Waals surface area contributed by atoms with Crippen LogP contribution in [0.2, 0.25) is 0 Å². The largest absolute Gasteiger partial charge is 0.289 e. The maximum atomic E-state index is 13.4. The van der Waals surface area contributed by atoms with Crippen LogP contribution >= 0.6 is 15.9 Å². The Morgan fingerprint density at radius 1 is 1.04 bits per heavy atom. The van der Waals surface area contributed by atoms with Crippen molar-refractivity contribution >= 4 is 15.9 Å². The van der Waals surface area contributed by atoms with Gasteiger partial charge in [-0.1, -0.05) is 53.2 Å². The minimum Gasteiger partial charge on any atom is -0.289 e. The Morgan fingerprint density at radius 2 is 1.74 bits per heavy atom. The average molecular weight is 376 g/mol. The number of hydrogen-bond acceptors (Lipinski definition) is 1. The summed E-state index contributed by atoms with van der Waals surface area (Å²) >= 11 is 3.71. The first-order valence-electron chi connectivity index (χ1n) is 8.32. The average Bonchev–Trinajstić information content (AvgIpc) is 2.54. The van der Waals surface area contributed by atoms with Crippen molar-refractivity contribution in [2.24, 2.45) is 5.92 Å². The Balaban J connectivity index is 2.06. The highest BCUT2D eigenvalue weighted by Crippen LogP contribution is 2.38. The first-order chi connectivity index (χ1) is 11.1. The number of hydrogen-bond donors (Lipinski definition) is 0. The standard InChI is InChI=1S/C20H23BrFN/c1-14-7-8-15(2)23(13-14)20(16-9-11-17(22)12-10-16)18-5-3-4-6-19(18)21/h3-6,9-12,14-15,20H,7-8,13H2,1-2H3/t14-,15-,20?/m1/s1. The zero-order valence-corrected chi connectivity index (χ0v) is 15.3. The molecule has 1 aliphatic rings. The molecule has 0 aliphatic carbocycles. The summed E-state index contributed by atoms with van der Waals surface area (Å²) in [6, 6.07) is 16.0. The lowest BCUT2D eigenvalue weighted by Gasteiger charge is -2.43. The summed E-state index contributed by atoms with van der Waals surface area (Å²) in [7, 11) is 0. The fourth-order valence-corrected chi connectivity index (χ4v) is 4.08. The predicted octanol–water partition coefficient (Wildman–Crippen LogP) is 5.80. The molecule has 1 aliphatic heterocycles. The maximum absolute atomic E-state index is 13.4. The molecule has 3 rings (SSSR count). The highest BCUT2D eigenvalue weighted by Gasteiger charge is 2.31. The molecule has 1 unspecified atom stereocenters. The fraction of sp³-hybridized carbons (Fsp3) is 0.400. The van der Waals surface area contributed by atoms with Crippen LogP contribution in [0.4, 0.5) is 4.39 Å². The van der Waals surface area contributed by atoms with Crippen molar-refractivity contribution < 1.29 is 4.39 Å². The molecule has 2 aromatic rings. The molecule has 122 valence electrons. The zero-order chi connectivity index (χ0) is 16.4. The first kappa shape index (κ1) is 16.7. The summed E-state index contributed by atoms with van der Waals surface area (Å²) in [5.41, 5.74) is 2.40. The van der Waals surface area contributed by atoms with E-state index in [-0.39, 0.29) is 11.9 Å². The Morgan fingerprint density at radius 3 is 2.43 bits per heavy atom. The van der Waals surface area contributed by atoms with E-state index in [4.69, 9.17) is 0 Å². The molecule has 1 fully saturated rings. The fourth-order valence-electron chi connectivity index (χ4n) is 3.57. The van der Waals surface area contributed by atoms with Crippen LogP contribution in [0.25, 0.3) is 0 Å². The molecule has 1 heterocycles. The van der Waals surface area contributed by atoms with E-state index >= 15 is 0 Å². The van der Waals surface area contributed by atoms with Crippen molar-refractivity contribution in [3.05, 3.63) is 69.9 Å². The molecule has 23 heavy (non-hydrogen) atoms. The quantitative estimate of drug-likeness (QED) is 0.655. The van der Waals surface area contributed by atoms with E-state index in [1.54, 1.807) is 12.1 Å². The second-order valence-corrected chi connectivity index (χ2v) is 7.56. The van der Waals surface area contributed by atoms with Crippen LogP contribution in [0.5, 0.6) is 0 Å². The van der Waals surface area contributed by atoms with Gasteiger partial charge in [-0.25, -0.2) is 4.39 Å². The van der Waals surface area contributed by atoms with Crippen molar-refractivity contribution in [3.63, 3.8) is 0 Å². The van der Waals surface area contributed by atoms with E-state index in [1.807, 2.05) is 18.2 Å². The van der Waals surface area contributed by atoms with E-state index in [0.717, 1.165) is 16.6 Å². The third kappa shape index (κ3) is 3.67. The molecule has 2 aromatic carbocycles. The van der Waals surface area contributed by atoms with Gasteiger partial charge in [0.2, 0.25) is 0 Å². The van der Waals surface area contributed by atoms with Gasteiger partial charge in [-0.2, -0.15) is 0 Å². The maximum Gasteiger partial charge on any atom is 0.123 e. The molecule has 0 spiro atoms. The van der Waals surface area contributed by atoms with Crippen LogP contribution in [0.3, 0.4) is 0 Å². The molecule has 0 bridgehead atoms. The first-order valence-corrected chi connectivity index (χ1v) is 9.11. The predicted molar refractivity (Wildman–Crippen MR) is 97.0 cm³/mol. The van der Waals surface area contributed by atoms with Gasteiger partial charge in [0, 0.05) is 17.1 Å². The third-order valence-corrected chi connectivity index (χ3v) is 5.61. The van der Waals surface area contributed by atoms with Crippen LogP contribution in [0.1, 0.15) is 43.9 Å².